The molecule has 2 amide bonds. The van der Waals surface area contributed by atoms with Crippen LogP contribution in [0.15, 0.2) is 48.8 Å². The highest BCUT2D eigenvalue weighted by Gasteiger charge is 2.44. The second-order valence-electron chi connectivity index (χ2n) is 11.4. The van der Waals surface area contributed by atoms with Crippen molar-refractivity contribution in [1.29, 1.82) is 0 Å². The van der Waals surface area contributed by atoms with Crippen LogP contribution in [0.2, 0.25) is 0 Å². The zero-order valence-corrected chi connectivity index (χ0v) is 21.6. The molecular formula is C29H40N4O2. The summed E-state index contributed by atoms with van der Waals surface area (Å²) in [7, 11) is 0. The monoisotopic (exact) mass is 476 g/mol. The van der Waals surface area contributed by atoms with Crippen LogP contribution in [0, 0.1) is 0 Å². The Bertz CT molecular complexity index is 1000. The maximum Gasteiger partial charge on any atom is 0.248 e. The van der Waals surface area contributed by atoms with E-state index in [2.05, 4.69) is 48.5 Å². The van der Waals surface area contributed by atoms with Gasteiger partial charge in [0.1, 0.15) is 6.04 Å². The third-order valence-corrected chi connectivity index (χ3v) is 7.53. The second-order valence-corrected chi connectivity index (χ2v) is 11.4. The molecule has 0 spiro atoms. The van der Waals surface area contributed by atoms with Gasteiger partial charge in [0.05, 0.1) is 5.54 Å². The van der Waals surface area contributed by atoms with Gasteiger partial charge in [-0.3, -0.25) is 19.5 Å². The zero-order chi connectivity index (χ0) is 25.1. The highest BCUT2D eigenvalue weighted by molar-refractivity contribution is 6.05. The maximum absolute atomic E-state index is 14.2. The number of nitrogens with one attached hydrogen (secondary N) is 2. The molecule has 2 fully saturated rings. The lowest BCUT2D eigenvalue weighted by atomic mass is 9.87. The van der Waals surface area contributed by atoms with Crippen molar-refractivity contribution in [2.45, 2.75) is 95.7 Å². The summed E-state index contributed by atoms with van der Waals surface area (Å²) < 4.78 is 0. The number of hydrogen-bond donors (Lipinski definition) is 2. The number of pyridine rings is 1. The molecule has 0 bridgehead atoms. The van der Waals surface area contributed by atoms with Gasteiger partial charge in [0, 0.05) is 29.7 Å². The largest absolute Gasteiger partial charge is 0.351 e. The summed E-state index contributed by atoms with van der Waals surface area (Å²) >= 11 is 0. The molecule has 2 aromatic rings. The summed E-state index contributed by atoms with van der Waals surface area (Å²) in [6, 6.07) is 11.2. The van der Waals surface area contributed by atoms with Crippen LogP contribution in [0.1, 0.15) is 89.8 Å². The average Bonchev–Trinajstić information content (AvgIpc) is 3.30. The molecule has 6 nitrogen and oxygen atoms in total. The SMILES string of the molecule is CC1(C(=O)N(c2ccc(C(C)(C)C)cc2)C(C(=O)NC2CCCCC2)c2cccnc2)CCCN1. The number of aromatic nitrogens is 1. The van der Waals surface area contributed by atoms with Crippen molar-refractivity contribution in [3.05, 3.63) is 59.9 Å². The van der Waals surface area contributed by atoms with E-state index < -0.39 is 11.6 Å². The van der Waals surface area contributed by atoms with E-state index in [0.29, 0.717) is 0 Å². The van der Waals surface area contributed by atoms with Crippen molar-refractivity contribution >= 4 is 17.5 Å². The zero-order valence-electron chi connectivity index (χ0n) is 21.6. The second kappa shape index (κ2) is 10.5. The Morgan fingerprint density at radius 2 is 1.80 bits per heavy atom. The van der Waals surface area contributed by atoms with E-state index in [1.54, 1.807) is 17.3 Å². The van der Waals surface area contributed by atoms with E-state index in [1.165, 1.54) is 12.0 Å². The first-order chi connectivity index (χ1) is 16.7. The van der Waals surface area contributed by atoms with Crippen LogP contribution in [-0.4, -0.2) is 34.9 Å². The minimum atomic E-state index is -0.794. The van der Waals surface area contributed by atoms with E-state index in [4.69, 9.17) is 0 Å². The number of rotatable bonds is 6. The molecule has 0 radical (unpaired) electrons. The molecule has 2 heterocycles. The first kappa shape index (κ1) is 25.4. The van der Waals surface area contributed by atoms with E-state index in [1.807, 2.05) is 31.2 Å². The standard InChI is InChI=1S/C29H40N4O2/c1-28(2,3)22-13-15-24(16-14-22)33(27(35)29(4)17-9-19-31-29)25(21-10-8-18-30-20-21)26(34)32-23-11-6-5-7-12-23/h8,10,13-16,18,20,23,25,31H,5-7,9,11-12,17,19H2,1-4H3,(H,32,34). The molecule has 2 atom stereocenters. The molecule has 2 N–H and O–H groups in total. The van der Waals surface area contributed by atoms with Gasteiger partial charge in [-0.05, 0) is 68.3 Å². The first-order valence-electron chi connectivity index (χ1n) is 13.1. The van der Waals surface area contributed by atoms with Gasteiger partial charge >= 0.3 is 0 Å². The number of carbonyl (C=O) groups is 2. The van der Waals surface area contributed by atoms with Crippen molar-refractivity contribution in [2.75, 3.05) is 11.4 Å². The normalized spacial score (nSPS) is 21.9. The van der Waals surface area contributed by atoms with E-state index >= 15 is 0 Å². The molecule has 35 heavy (non-hydrogen) atoms. The Hall–Kier alpha value is -2.73. The van der Waals surface area contributed by atoms with Gasteiger partial charge in [0.15, 0.2) is 0 Å². The highest BCUT2D eigenvalue weighted by atomic mass is 16.2. The fourth-order valence-corrected chi connectivity index (χ4v) is 5.33. The average molecular weight is 477 g/mol. The smallest absolute Gasteiger partial charge is 0.248 e. The van der Waals surface area contributed by atoms with Gasteiger partial charge in [-0.2, -0.15) is 0 Å². The summed E-state index contributed by atoms with van der Waals surface area (Å²) in [5.74, 6) is -0.217. The van der Waals surface area contributed by atoms with Crippen molar-refractivity contribution < 1.29 is 9.59 Å². The molecule has 2 unspecified atom stereocenters. The first-order valence-corrected chi connectivity index (χ1v) is 13.1. The quantitative estimate of drug-likeness (QED) is 0.612. The number of benzene rings is 1. The van der Waals surface area contributed by atoms with Crippen molar-refractivity contribution in [3.8, 4) is 0 Å². The molecule has 2 aliphatic rings. The molecule has 1 aromatic carbocycles. The van der Waals surface area contributed by atoms with Gasteiger partial charge in [0.2, 0.25) is 11.8 Å². The minimum absolute atomic E-state index is 0.00648. The van der Waals surface area contributed by atoms with Crippen molar-refractivity contribution in [3.63, 3.8) is 0 Å². The van der Waals surface area contributed by atoms with Crippen LogP contribution in [0.25, 0.3) is 0 Å². The highest BCUT2D eigenvalue weighted by Crippen LogP contribution is 2.34. The lowest BCUT2D eigenvalue weighted by Crippen LogP contribution is -2.56. The number of hydrogen-bond acceptors (Lipinski definition) is 4. The Morgan fingerprint density at radius 3 is 2.37 bits per heavy atom. The van der Waals surface area contributed by atoms with Gasteiger partial charge in [-0.15, -0.1) is 0 Å². The number of nitrogens with zero attached hydrogens (tertiary/aromatic N) is 2. The Kier molecular flexibility index (Phi) is 7.60. The fourth-order valence-electron chi connectivity index (χ4n) is 5.33. The van der Waals surface area contributed by atoms with Gasteiger partial charge in [-0.1, -0.05) is 58.2 Å². The van der Waals surface area contributed by atoms with Crippen LogP contribution < -0.4 is 15.5 Å². The molecule has 1 aliphatic carbocycles. The lowest BCUT2D eigenvalue weighted by Gasteiger charge is -2.38. The van der Waals surface area contributed by atoms with Crippen LogP contribution in [0.5, 0.6) is 0 Å². The molecular weight excluding hydrogens is 436 g/mol. The summed E-state index contributed by atoms with van der Waals surface area (Å²) in [6.45, 7) is 9.27. The third-order valence-electron chi connectivity index (χ3n) is 7.53. The Labute approximate surface area is 209 Å². The Balaban J connectivity index is 1.77. The van der Waals surface area contributed by atoms with Gasteiger partial charge < -0.3 is 10.6 Å². The van der Waals surface area contributed by atoms with E-state index in [9.17, 15) is 9.59 Å². The maximum atomic E-state index is 14.2. The minimum Gasteiger partial charge on any atom is -0.351 e. The number of anilines is 1. The summed E-state index contributed by atoms with van der Waals surface area (Å²) in [6.07, 6.45) is 10.5. The topological polar surface area (TPSA) is 74.3 Å². The fraction of sp³-hybridized carbons (Fsp3) is 0.552. The van der Waals surface area contributed by atoms with Crippen molar-refractivity contribution in [1.82, 2.24) is 15.6 Å². The molecule has 1 saturated carbocycles. The summed E-state index contributed by atoms with van der Waals surface area (Å²) in [5.41, 5.74) is 1.91. The van der Waals surface area contributed by atoms with Crippen LogP contribution >= 0.6 is 0 Å². The molecule has 1 aliphatic heterocycles. The molecule has 1 aromatic heterocycles. The van der Waals surface area contributed by atoms with E-state index in [-0.39, 0.29) is 23.3 Å². The van der Waals surface area contributed by atoms with Crippen LogP contribution in [0.4, 0.5) is 5.69 Å². The molecule has 1 saturated heterocycles. The molecule has 188 valence electrons. The summed E-state index contributed by atoms with van der Waals surface area (Å²) in [4.78, 5) is 34.2. The number of carbonyl (C=O) groups excluding carboxylic acids is 2. The lowest BCUT2D eigenvalue weighted by molar-refractivity contribution is -0.129. The predicted octanol–water partition coefficient (Wildman–Crippen LogP) is 5.04. The molecule has 6 heteroatoms. The van der Waals surface area contributed by atoms with Crippen molar-refractivity contribution in [2.24, 2.45) is 0 Å². The Morgan fingerprint density at radius 1 is 1.09 bits per heavy atom. The van der Waals surface area contributed by atoms with Crippen LogP contribution in [0.3, 0.4) is 0 Å². The predicted molar refractivity (Wildman–Crippen MR) is 140 cm³/mol. The van der Waals surface area contributed by atoms with Gasteiger partial charge in [0.25, 0.3) is 0 Å². The van der Waals surface area contributed by atoms with Gasteiger partial charge in [-0.25, -0.2) is 0 Å². The van der Waals surface area contributed by atoms with E-state index in [0.717, 1.165) is 56.3 Å². The number of amides is 2. The molecule has 4 rings (SSSR count). The van der Waals surface area contributed by atoms with Crippen LogP contribution in [-0.2, 0) is 15.0 Å². The third kappa shape index (κ3) is 5.75. The summed E-state index contributed by atoms with van der Waals surface area (Å²) in [5, 5.41) is 6.69.